The third kappa shape index (κ3) is 6.74. The molecule has 5 rings (SSSR count). The van der Waals surface area contributed by atoms with Gasteiger partial charge in [0.2, 0.25) is 6.29 Å². The third-order valence-electron chi connectivity index (χ3n) is 10.8. The predicted octanol–water partition coefficient (Wildman–Crippen LogP) is 2.78. The molecule has 1 saturated heterocycles. The summed E-state index contributed by atoms with van der Waals surface area (Å²) in [5.41, 5.74) is -0.164. The zero-order chi connectivity index (χ0) is 34.1. The topological polar surface area (TPSA) is 175 Å². The first-order chi connectivity index (χ1) is 22.3. The molecule has 4 aliphatic rings. The van der Waals surface area contributed by atoms with Crippen LogP contribution in [0.15, 0.2) is 53.6 Å². The Kier molecular flexibility index (Phi) is 10.3. The Morgan fingerprint density at radius 1 is 1.00 bits per heavy atom. The van der Waals surface area contributed by atoms with E-state index >= 15 is 0 Å². The minimum Gasteiger partial charge on any atom is -0.462 e. The van der Waals surface area contributed by atoms with Crippen molar-refractivity contribution in [2.45, 2.75) is 96.6 Å². The molecule has 1 aromatic carbocycles. The molecule has 2 fully saturated rings. The van der Waals surface area contributed by atoms with Gasteiger partial charge in [0, 0.05) is 23.5 Å². The van der Waals surface area contributed by atoms with Crippen LogP contribution in [0.25, 0.3) is 0 Å². The van der Waals surface area contributed by atoms with Crippen LogP contribution >= 0.6 is 0 Å². The number of aliphatic hydroxyl groups is 3. The Morgan fingerprint density at radius 3 is 2.36 bits per heavy atom. The second-order valence-corrected chi connectivity index (χ2v) is 13.5. The van der Waals surface area contributed by atoms with E-state index in [2.05, 4.69) is 6.92 Å². The van der Waals surface area contributed by atoms with E-state index in [9.17, 15) is 34.5 Å². The number of carbonyl (C=O) groups excluding carboxylic acids is 4. The summed E-state index contributed by atoms with van der Waals surface area (Å²) in [4.78, 5) is 51.1. The molecule has 2 heterocycles. The highest BCUT2D eigenvalue weighted by molar-refractivity contribution is 5.91. The number of esters is 4. The summed E-state index contributed by atoms with van der Waals surface area (Å²) >= 11 is 0. The van der Waals surface area contributed by atoms with Crippen LogP contribution in [0, 0.1) is 22.7 Å². The van der Waals surface area contributed by atoms with Gasteiger partial charge in [-0.25, -0.2) is 14.4 Å². The first-order valence-electron chi connectivity index (χ1n) is 16.1. The summed E-state index contributed by atoms with van der Waals surface area (Å²) in [6, 6.07) is 8.02. The lowest BCUT2D eigenvalue weighted by Crippen LogP contribution is -2.61. The number of carbonyl (C=O) groups is 4. The molecule has 10 atom stereocenters. The predicted molar refractivity (Wildman–Crippen MR) is 164 cm³/mol. The number of benzene rings is 1. The van der Waals surface area contributed by atoms with E-state index in [1.165, 1.54) is 19.1 Å². The van der Waals surface area contributed by atoms with Crippen molar-refractivity contribution in [1.29, 1.82) is 0 Å². The van der Waals surface area contributed by atoms with Gasteiger partial charge in [0.05, 0.1) is 12.2 Å². The van der Waals surface area contributed by atoms with E-state index in [-0.39, 0.29) is 30.0 Å². The van der Waals surface area contributed by atoms with Gasteiger partial charge >= 0.3 is 23.9 Å². The minimum absolute atomic E-state index is 0.0721. The molecule has 256 valence electrons. The highest BCUT2D eigenvalue weighted by Crippen LogP contribution is 2.63. The summed E-state index contributed by atoms with van der Waals surface area (Å²) in [5, 5.41) is 31.9. The van der Waals surface area contributed by atoms with Gasteiger partial charge in [-0.3, -0.25) is 4.79 Å². The Balaban J connectivity index is 1.36. The van der Waals surface area contributed by atoms with Gasteiger partial charge in [-0.05, 0) is 67.6 Å². The van der Waals surface area contributed by atoms with Crippen LogP contribution < -0.4 is 0 Å². The lowest BCUT2D eigenvalue weighted by Gasteiger charge is -2.59. The fraction of sp³-hybridized carbons (Fsp3) is 0.600. The number of aliphatic hydroxyl groups excluding tert-OH is 3. The molecule has 2 aliphatic heterocycles. The highest BCUT2D eigenvalue weighted by Gasteiger charge is 2.60. The van der Waals surface area contributed by atoms with Gasteiger partial charge < -0.3 is 39.0 Å². The van der Waals surface area contributed by atoms with Crippen molar-refractivity contribution in [1.82, 2.24) is 0 Å². The highest BCUT2D eigenvalue weighted by atomic mass is 16.7. The molecule has 3 N–H and O–H groups in total. The van der Waals surface area contributed by atoms with Crippen molar-refractivity contribution in [3.8, 4) is 0 Å². The first kappa shape index (κ1) is 34.7. The number of hydrogen-bond acceptors (Lipinski definition) is 12. The van der Waals surface area contributed by atoms with E-state index in [4.69, 9.17) is 23.7 Å². The van der Waals surface area contributed by atoms with Crippen LogP contribution in [0.5, 0.6) is 0 Å². The number of fused-ring (bicyclic) bond motifs is 1. The zero-order valence-corrected chi connectivity index (χ0v) is 27.1. The molecule has 1 saturated carbocycles. The van der Waals surface area contributed by atoms with E-state index in [1.807, 2.05) is 13.8 Å². The van der Waals surface area contributed by atoms with Crippen LogP contribution in [-0.2, 0) is 38.1 Å². The molecule has 0 spiro atoms. The lowest BCUT2D eigenvalue weighted by atomic mass is 9.46. The summed E-state index contributed by atoms with van der Waals surface area (Å²) in [7, 11) is 0. The number of rotatable bonds is 9. The van der Waals surface area contributed by atoms with Crippen molar-refractivity contribution in [3.05, 3.63) is 59.2 Å². The van der Waals surface area contributed by atoms with E-state index in [0.717, 1.165) is 6.42 Å². The Morgan fingerprint density at radius 2 is 1.72 bits per heavy atom. The standard InChI is InChI=1S/C35H44O12/c1-19-24(44-20(2)37)17-35(4)23(11-8-12-26(35)34(19,3)15-13-22-14-16-43-30(22)40)32(42)47-33-28(39)27(38)29(25(18-36)45-33)46-31(41)21-9-6-5-7-10-21/h5-7,9-11,14,19,24-29,33,36,38-39H,8,12-13,15-18H2,1-4H3/t19-,24+,25-,26-,27-,28-,29-,33+,34+,35+/m1/s1. The molecule has 0 unspecified atom stereocenters. The molecule has 47 heavy (non-hydrogen) atoms. The molecule has 12 heteroatoms. The van der Waals surface area contributed by atoms with Gasteiger partial charge in [-0.15, -0.1) is 0 Å². The second kappa shape index (κ2) is 13.9. The second-order valence-electron chi connectivity index (χ2n) is 13.5. The van der Waals surface area contributed by atoms with Crippen LogP contribution in [0.2, 0.25) is 0 Å². The largest absolute Gasteiger partial charge is 0.462 e. The van der Waals surface area contributed by atoms with E-state index in [1.54, 1.807) is 30.4 Å². The lowest BCUT2D eigenvalue weighted by molar-refractivity contribution is -0.291. The SMILES string of the molecule is CC(=O)O[C@H]1C[C@@]2(C)C(C(=O)O[C@@H]3O[C@H](CO)[C@@H](OC(=O)c4ccccc4)[C@H](O)[C@H]3O)=CCC[C@@H]2[C@@](C)(CCC2=CCOC2=O)[C@@H]1C. The Bertz CT molecular complexity index is 1420. The van der Waals surface area contributed by atoms with Gasteiger partial charge in [0.25, 0.3) is 0 Å². The average Bonchev–Trinajstić information content (AvgIpc) is 3.46. The van der Waals surface area contributed by atoms with Crippen molar-refractivity contribution in [2.24, 2.45) is 22.7 Å². The number of hydrogen-bond donors (Lipinski definition) is 3. The normalized spacial score (nSPS) is 36.7. The van der Waals surface area contributed by atoms with E-state index < -0.39 is 72.2 Å². The summed E-state index contributed by atoms with van der Waals surface area (Å²) in [5.74, 6) is -2.53. The molecule has 0 radical (unpaired) electrons. The average molecular weight is 657 g/mol. The molecule has 0 aromatic heterocycles. The molecular weight excluding hydrogens is 612 g/mol. The molecule has 12 nitrogen and oxygen atoms in total. The molecule has 2 aliphatic carbocycles. The van der Waals surface area contributed by atoms with Gasteiger partial charge in [0.1, 0.15) is 31.0 Å². The molecule has 0 bridgehead atoms. The Hall–Kier alpha value is -3.58. The van der Waals surface area contributed by atoms with Crippen molar-refractivity contribution >= 4 is 23.9 Å². The monoisotopic (exact) mass is 656 g/mol. The maximum absolute atomic E-state index is 14.0. The summed E-state index contributed by atoms with van der Waals surface area (Å²) in [6.07, 6.45) is -2.21. The Labute approximate surface area is 273 Å². The fourth-order valence-corrected chi connectivity index (χ4v) is 8.09. The molecular formula is C35H44O12. The zero-order valence-electron chi connectivity index (χ0n) is 27.1. The van der Waals surface area contributed by atoms with E-state index in [0.29, 0.717) is 36.8 Å². The molecule has 0 amide bonds. The quantitative estimate of drug-likeness (QED) is 0.262. The van der Waals surface area contributed by atoms with Gasteiger partial charge in [-0.1, -0.05) is 45.0 Å². The smallest absolute Gasteiger partial charge is 0.338 e. The number of ether oxygens (including phenoxy) is 5. The summed E-state index contributed by atoms with van der Waals surface area (Å²) in [6.45, 7) is 6.98. The van der Waals surface area contributed by atoms with Crippen LogP contribution in [0.3, 0.4) is 0 Å². The minimum atomic E-state index is -1.80. The molecule has 1 aromatic rings. The van der Waals surface area contributed by atoms with Crippen molar-refractivity contribution in [3.63, 3.8) is 0 Å². The maximum atomic E-state index is 14.0. The summed E-state index contributed by atoms with van der Waals surface area (Å²) < 4.78 is 27.7. The maximum Gasteiger partial charge on any atom is 0.338 e. The number of cyclic esters (lactones) is 1. The van der Waals surface area contributed by atoms with Crippen molar-refractivity contribution in [2.75, 3.05) is 13.2 Å². The first-order valence-corrected chi connectivity index (χ1v) is 16.1. The van der Waals surface area contributed by atoms with Crippen LogP contribution in [0.4, 0.5) is 0 Å². The van der Waals surface area contributed by atoms with Crippen LogP contribution in [0.1, 0.15) is 70.2 Å². The van der Waals surface area contributed by atoms with Gasteiger partial charge in [-0.2, -0.15) is 0 Å². The fourth-order valence-electron chi connectivity index (χ4n) is 8.09. The van der Waals surface area contributed by atoms with Crippen LogP contribution in [-0.4, -0.2) is 89.2 Å². The number of allylic oxidation sites excluding steroid dienone is 1. The van der Waals surface area contributed by atoms with Gasteiger partial charge in [0.15, 0.2) is 6.10 Å². The third-order valence-corrected chi connectivity index (χ3v) is 10.8. The van der Waals surface area contributed by atoms with Crippen molar-refractivity contribution < 1.29 is 58.2 Å².